The predicted molar refractivity (Wildman–Crippen MR) is 119 cm³/mol. The van der Waals surface area contributed by atoms with Crippen molar-refractivity contribution in [1.82, 2.24) is 20.1 Å². The van der Waals surface area contributed by atoms with Gasteiger partial charge in [-0.05, 0) is 45.0 Å². The number of carbonyl (C=O) groups excluding carboxylic acids is 2. The summed E-state index contributed by atoms with van der Waals surface area (Å²) >= 11 is 1.32. The van der Waals surface area contributed by atoms with Gasteiger partial charge < -0.3 is 15.2 Å². The first-order valence-electron chi connectivity index (χ1n) is 9.76. The van der Waals surface area contributed by atoms with E-state index in [1.165, 1.54) is 11.8 Å². The van der Waals surface area contributed by atoms with Crippen LogP contribution in [0.4, 0.5) is 5.69 Å². The number of aryl methyl sites for hydroxylation is 1. The number of anilines is 1. The fourth-order valence-electron chi connectivity index (χ4n) is 2.92. The smallest absolute Gasteiger partial charge is 0.251 e. The molecule has 0 spiro atoms. The van der Waals surface area contributed by atoms with Gasteiger partial charge in [0.2, 0.25) is 5.91 Å². The van der Waals surface area contributed by atoms with Gasteiger partial charge in [0.05, 0.1) is 11.8 Å². The van der Waals surface area contributed by atoms with Crippen LogP contribution in [-0.4, -0.2) is 32.3 Å². The molecular weight excluding hydrogens is 398 g/mol. The third-order valence-corrected chi connectivity index (χ3v) is 5.47. The highest BCUT2D eigenvalue weighted by Gasteiger charge is 2.20. The summed E-state index contributed by atoms with van der Waals surface area (Å²) < 4.78 is 1.92. The van der Waals surface area contributed by atoms with Gasteiger partial charge in [0.1, 0.15) is 0 Å². The van der Waals surface area contributed by atoms with Crippen LogP contribution in [0.1, 0.15) is 41.6 Å². The second-order valence-corrected chi connectivity index (χ2v) is 7.79. The minimum atomic E-state index is -0.319. The molecule has 2 N–H and O–H groups in total. The Labute approximate surface area is 180 Å². The molecule has 8 heteroatoms. The lowest BCUT2D eigenvalue weighted by atomic mass is 10.2. The zero-order valence-corrected chi connectivity index (χ0v) is 18.1. The molecule has 1 aromatic heterocycles. The Morgan fingerprint density at radius 3 is 2.43 bits per heavy atom. The van der Waals surface area contributed by atoms with Gasteiger partial charge in [-0.2, -0.15) is 0 Å². The number of thioether (sulfide) groups is 1. The zero-order chi connectivity index (χ0) is 21.5. The van der Waals surface area contributed by atoms with E-state index in [-0.39, 0.29) is 23.6 Å². The van der Waals surface area contributed by atoms with E-state index in [0.717, 1.165) is 11.3 Å². The number of hydrogen-bond donors (Lipinski definition) is 2. The SMILES string of the molecule is CCn1c(SCC(=O)Nc2ccc(C)cc2)nnc1[C@H](C)NC(=O)c1ccccc1. The average molecular weight is 424 g/mol. The van der Waals surface area contributed by atoms with E-state index in [4.69, 9.17) is 0 Å². The molecule has 0 aliphatic carbocycles. The van der Waals surface area contributed by atoms with Crippen LogP contribution in [0.25, 0.3) is 0 Å². The molecule has 30 heavy (non-hydrogen) atoms. The van der Waals surface area contributed by atoms with Crippen LogP contribution in [0.5, 0.6) is 0 Å². The summed E-state index contributed by atoms with van der Waals surface area (Å²) in [6, 6.07) is 16.4. The van der Waals surface area contributed by atoms with E-state index in [0.29, 0.717) is 23.1 Å². The average Bonchev–Trinajstić information content (AvgIpc) is 3.17. The first-order valence-corrected chi connectivity index (χ1v) is 10.7. The lowest BCUT2D eigenvalue weighted by Crippen LogP contribution is -2.28. The maximum atomic E-state index is 12.4. The van der Waals surface area contributed by atoms with Crippen molar-refractivity contribution >= 4 is 29.3 Å². The first kappa shape index (κ1) is 21.6. The van der Waals surface area contributed by atoms with Gasteiger partial charge in [0.25, 0.3) is 5.91 Å². The van der Waals surface area contributed by atoms with Crippen LogP contribution in [0.15, 0.2) is 59.8 Å². The van der Waals surface area contributed by atoms with Crippen molar-refractivity contribution in [3.05, 3.63) is 71.5 Å². The Bertz CT molecular complexity index is 1000. The predicted octanol–water partition coefficient (Wildman–Crippen LogP) is 3.83. The third kappa shape index (κ3) is 5.48. The molecule has 3 rings (SSSR count). The molecule has 1 heterocycles. The number of amides is 2. The highest BCUT2D eigenvalue weighted by atomic mass is 32.2. The molecule has 0 saturated heterocycles. The van der Waals surface area contributed by atoms with Crippen molar-refractivity contribution in [1.29, 1.82) is 0 Å². The summed E-state index contributed by atoms with van der Waals surface area (Å²) in [6.45, 7) is 6.49. The minimum absolute atomic E-state index is 0.110. The molecule has 0 saturated carbocycles. The Morgan fingerprint density at radius 1 is 1.07 bits per heavy atom. The van der Waals surface area contributed by atoms with Gasteiger partial charge in [-0.1, -0.05) is 47.7 Å². The Morgan fingerprint density at radius 2 is 1.77 bits per heavy atom. The molecule has 7 nitrogen and oxygen atoms in total. The van der Waals surface area contributed by atoms with Crippen molar-refractivity contribution in [3.63, 3.8) is 0 Å². The number of benzene rings is 2. The van der Waals surface area contributed by atoms with Crippen LogP contribution >= 0.6 is 11.8 Å². The number of nitrogens with one attached hydrogen (secondary N) is 2. The number of rotatable bonds is 8. The van der Waals surface area contributed by atoms with Crippen LogP contribution < -0.4 is 10.6 Å². The van der Waals surface area contributed by atoms with E-state index >= 15 is 0 Å². The Kier molecular flexibility index (Phi) is 7.24. The van der Waals surface area contributed by atoms with Gasteiger partial charge in [-0.15, -0.1) is 10.2 Å². The normalized spacial score (nSPS) is 11.7. The van der Waals surface area contributed by atoms with E-state index in [1.807, 2.05) is 67.8 Å². The lowest BCUT2D eigenvalue weighted by Gasteiger charge is -2.15. The largest absolute Gasteiger partial charge is 0.342 e. The van der Waals surface area contributed by atoms with E-state index in [1.54, 1.807) is 12.1 Å². The third-order valence-electron chi connectivity index (χ3n) is 4.50. The number of nitrogens with zero attached hydrogens (tertiary/aromatic N) is 3. The molecule has 0 radical (unpaired) electrons. The quantitative estimate of drug-likeness (QED) is 0.538. The zero-order valence-electron chi connectivity index (χ0n) is 17.3. The summed E-state index contributed by atoms with van der Waals surface area (Å²) in [7, 11) is 0. The van der Waals surface area contributed by atoms with Gasteiger partial charge >= 0.3 is 0 Å². The highest BCUT2D eigenvalue weighted by molar-refractivity contribution is 7.99. The molecular formula is C22H25N5O2S. The Hall–Kier alpha value is -3.13. The second-order valence-electron chi connectivity index (χ2n) is 6.85. The van der Waals surface area contributed by atoms with Crippen LogP contribution in [0.2, 0.25) is 0 Å². The van der Waals surface area contributed by atoms with Crippen LogP contribution in [0.3, 0.4) is 0 Å². The number of aromatic nitrogens is 3. The second kappa shape index (κ2) is 10.1. The molecule has 0 bridgehead atoms. The molecule has 0 aliphatic heterocycles. The van der Waals surface area contributed by atoms with Gasteiger partial charge in [0, 0.05) is 17.8 Å². The van der Waals surface area contributed by atoms with Crippen molar-refractivity contribution in [2.24, 2.45) is 0 Å². The summed E-state index contributed by atoms with van der Waals surface area (Å²) in [5, 5.41) is 14.9. The molecule has 1 atom stereocenters. The maximum absolute atomic E-state index is 12.4. The molecule has 0 fully saturated rings. The van der Waals surface area contributed by atoms with Crippen molar-refractivity contribution in [3.8, 4) is 0 Å². The standard InChI is InChI=1S/C22H25N5O2S/c1-4-27-20(16(3)23-21(29)17-8-6-5-7-9-17)25-26-22(27)30-14-19(28)24-18-12-10-15(2)11-13-18/h5-13,16H,4,14H2,1-3H3,(H,23,29)(H,24,28)/t16-/m0/s1. The van der Waals surface area contributed by atoms with Gasteiger partial charge in [0.15, 0.2) is 11.0 Å². The summed E-state index contributed by atoms with van der Waals surface area (Å²) in [6.07, 6.45) is 0. The van der Waals surface area contributed by atoms with Crippen molar-refractivity contribution < 1.29 is 9.59 Å². The molecule has 3 aromatic rings. The Balaban J connectivity index is 1.61. The lowest BCUT2D eigenvalue weighted by molar-refractivity contribution is -0.113. The summed E-state index contributed by atoms with van der Waals surface area (Å²) in [4.78, 5) is 24.7. The minimum Gasteiger partial charge on any atom is -0.342 e. The monoisotopic (exact) mass is 423 g/mol. The van der Waals surface area contributed by atoms with Crippen LogP contribution in [0, 0.1) is 6.92 Å². The highest BCUT2D eigenvalue weighted by Crippen LogP contribution is 2.21. The fourth-order valence-corrected chi connectivity index (χ4v) is 3.73. The van der Waals surface area contributed by atoms with Crippen LogP contribution in [-0.2, 0) is 11.3 Å². The maximum Gasteiger partial charge on any atom is 0.251 e. The fraction of sp³-hybridized carbons (Fsp3) is 0.273. The topological polar surface area (TPSA) is 88.9 Å². The number of hydrogen-bond acceptors (Lipinski definition) is 5. The molecule has 156 valence electrons. The summed E-state index contributed by atoms with van der Waals surface area (Å²) in [5.74, 6) is 0.599. The van der Waals surface area contributed by atoms with Gasteiger partial charge in [-0.25, -0.2) is 0 Å². The van der Waals surface area contributed by atoms with Gasteiger partial charge in [-0.3, -0.25) is 9.59 Å². The first-order chi connectivity index (χ1) is 14.5. The van der Waals surface area contributed by atoms with E-state index in [9.17, 15) is 9.59 Å². The molecule has 2 amide bonds. The molecule has 2 aromatic carbocycles. The summed E-state index contributed by atoms with van der Waals surface area (Å²) in [5.41, 5.74) is 2.50. The van der Waals surface area contributed by atoms with E-state index in [2.05, 4.69) is 20.8 Å². The molecule has 0 unspecified atom stereocenters. The molecule has 0 aliphatic rings. The van der Waals surface area contributed by atoms with E-state index < -0.39 is 0 Å². The van der Waals surface area contributed by atoms with Crippen molar-refractivity contribution in [2.45, 2.75) is 38.5 Å². The number of carbonyl (C=O) groups is 2. The van der Waals surface area contributed by atoms with Crippen molar-refractivity contribution in [2.75, 3.05) is 11.1 Å².